The lowest BCUT2D eigenvalue weighted by atomic mass is 9.91. The number of hydrazine groups is 1. The lowest BCUT2D eigenvalue weighted by Gasteiger charge is -2.23. The molecule has 60 valence electrons. The van der Waals surface area contributed by atoms with Crippen LogP contribution in [0.1, 0.15) is 27.7 Å². The van der Waals surface area contributed by atoms with Crippen LogP contribution in [0.5, 0.6) is 0 Å². The monoisotopic (exact) mass is 143 g/mol. The average molecular weight is 143 g/mol. The van der Waals surface area contributed by atoms with Gasteiger partial charge >= 0.3 is 0 Å². The third-order valence-corrected chi connectivity index (χ3v) is 1.29. The van der Waals surface area contributed by atoms with Crippen molar-refractivity contribution in [1.29, 1.82) is 0 Å². The molecule has 0 aliphatic rings. The Morgan fingerprint density at radius 3 is 1.70 bits per heavy atom. The van der Waals surface area contributed by atoms with Crippen LogP contribution in [0.2, 0.25) is 0 Å². The third kappa shape index (κ3) is 2.27. The molecule has 0 aliphatic carbocycles. The Morgan fingerprint density at radius 2 is 1.70 bits per heavy atom. The van der Waals surface area contributed by atoms with Gasteiger partial charge in [-0.25, -0.2) is 0 Å². The highest BCUT2D eigenvalue weighted by Crippen LogP contribution is 2.22. The second kappa shape index (κ2) is 2.92. The normalized spacial score (nSPS) is 14.5. The summed E-state index contributed by atoms with van der Waals surface area (Å²) in [5, 5.41) is 0. The molecule has 0 aliphatic heterocycles. The van der Waals surface area contributed by atoms with E-state index in [4.69, 9.17) is 11.6 Å². The van der Waals surface area contributed by atoms with Crippen molar-refractivity contribution in [2.45, 2.75) is 27.7 Å². The molecule has 0 aromatic carbocycles. The van der Waals surface area contributed by atoms with Gasteiger partial charge in [0.05, 0.1) is 0 Å². The fourth-order valence-electron chi connectivity index (χ4n) is 0.922. The zero-order valence-electron chi connectivity index (χ0n) is 7.15. The van der Waals surface area contributed by atoms with Crippen molar-refractivity contribution in [2.75, 3.05) is 0 Å². The van der Waals surface area contributed by atoms with Gasteiger partial charge in [0.25, 0.3) is 0 Å². The summed E-state index contributed by atoms with van der Waals surface area (Å²) in [5.74, 6) is 5.27. The van der Waals surface area contributed by atoms with Gasteiger partial charge in [0, 0.05) is 16.8 Å². The van der Waals surface area contributed by atoms with Crippen LogP contribution in [0.25, 0.3) is 0 Å². The third-order valence-electron chi connectivity index (χ3n) is 1.29. The predicted octanol–water partition coefficient (Wildman–Crippen LogP) is 0.686. The maximum atomic E-state index is 5.57. The molecule has 3 nitrogen and oxygen atoms in total. The molecule has 0 saturated heterocycles. The molecule has 0 heterocycles. The molecule has 0 aromatic rings. The van der Waals surface area contributed by atoms with Gasteiger partial charge in [0.15, 0.2) is 0 Å². The van der Waals surface area contributed by atoms with E-state index in [0.29, 0.717) is 0 Å². The Hall–Kier alpha value is -0.700. The first-order chi connectivity index (χ1) is 4.39. The van der Waals surface area contributed by atoms with Crippen LogP contribution < -0.4 is 17.0 Å². The Labute approximate surface area is 62.4 Å². The van der Waals surface area contributed by atoms with Gasteiger partial charge in [0.1, 0.15) is 0 Å². The number of allylic oxidation sites excluding steroid dienone is 2. The molecule has 0 atom stereocenters. The van der Waals surface area contributed by atoms with Gasteiger partial charge in [-0.3, -0.25) is 5.84 Å². The highest BCUT2D eigenvalue weighted by molar-refractivity contribution is 5.12. The van der Waals surface area contributed by atoms with Crippen LogP contribution in [0.4, 0.5) is 0 Å². The Kier molecular flexibility index (Phi) is 2.72. The summed E-state index contributed by atoms with van der Waals surface area (Å²) in [6, 6.07) is 0. The maximum absolute atomic E-state index is 5.57. The summed E-state index contributed by atoms with van der Waals surface area (Å²) >= 11 is 0. The van der Waals surface area contributed by atoms with Gasteiger partial charge in [-0.1, -0.05) is 20.8 Å². The first-order valence-electron chi connectivity index (χ1n) is 3.33. The smallest absolute Gasteiger partial charge is 0.0496 e. The lowest BCUT2D eigenvalue weighted by molar-refractivity contribution is 0.457. The molecular weight excluding hydrogens is 126 g/mol. The van der Waals surface area contributed by atoms with E-state index in [1.165, 1.54) is 0 Å². The summed E-state index contributed by atoms with van der Waals surface area (Å²) in [6.07, 6.45) is 0. The number of hydrogen-bond acceptors (Lipinski definition) is 3. The molecule has 10 heavy (non-hydrogen) atoms. The van der Waals surface area contributed by atoms with Gasteiger partial charge < -0.3 is 11.2 Å². The van der Waals surface area contributed by atoms with Crippen LogP contribution in [-0.2, 0) is 0 Å². The molecular formula is C7H17N3. The summed E-state index contributed by atoms with van der Waals surface area (Å²) < 4.78 is 0. The highest BCUT2D eigenvalue weighted by Gasteiger charge is 2.17. The minimum absolute atomic E-state index is 0.00752. The molecule has 5 N–H and O–H groups in total. The van der Waals surface area contributed by atoms with E-state index in [2.05, 4.69) is 26.2 Å². The zero-order valence-corrected chi connectivity index (χ0v) is 7.15. The largest absolute Gasteiger partial charge is 0.401 e. The van der Waals surface area contributed by atoms with E-state index >= 15 is 0 Å². The van der Waals surface area contributed by atoms with Crippen LogP contribution in [-0.4, -0.2) is 0 Å². The predicted molar refractivity (Wildman–Crippen MR) is 43.7 cm³/mol. The Balaban J connectivity index is 4.55. The van der Waals surface area contributed by atoms with Gasteiger partial charge in [0.2, 0.25) is 0 Å². The van der Waals surface area contributed by atoms with Crippen molar-refractivity contribution in [3.05, 3.63) is 11.4 Å². The maximum Gasteiger partial charge on any atom is 0.0496 e. The molecule has 0 fully saturated rings. The fraction of sp³-hybridized carbons (Fsp3) is 0.714. The standard InChI is InChI=1S/C7H17N3/c1-5(8)6(10-9)7(2,3)4/h10H,8-9H2,1-4H3/b6-5-. The van der Waals surface area contributed by atoms with Crippen molar-refractivity contribution in [2.24, 2.45) is 17.0 Å². The average Bonchev–Trinajstić information content (AvgIpc) is 1.60. The second-order valence-electron chi connectivity index (χ2n) is 3.45. The summed E-state index contributed by atoms with van der Waals surface area (Å²) in [6.45, 7) is 8.00. The van der Waals surface area contributed by atoms with Crippen LogP contribution in [0.15, 0.2) is 11.4 Å². The molecule has 0 rings (SSSR count). The molecule has 0 radical (unpaired) electrons. The summed E-state index contributed by atoms with van der Waals surface area (Å²) in [5.41, 5.74) is 9.82. The van der Waals surface area contributed by atoms with Gasteiger partial charge in [-0.15, -0.1) is 0 Å². The minimum atomic E-state index is 0.00752. The summed E-state index contributed by atoms with van der Waals surface area (Å²) in [7, 11) is 0. The van der Waals surface area contributed by atoms with Crippen LogP contribution in [0, 0.1) is 5.41 Å². The first-order valence-corrected chi connectivity index (χ1v) is 3.33. The highest BCUT2D eigenvalue weighted by atomic mass is 15.2. The minimum Gasteiger partial charge on any atom is -0.401 e. The molecule has 0 spiro atoms. The van der Waals surface area contributed by atoms with Crippen LogP contribution in [0.3, 0.4) is 0 Å². The molecule has 0 bridgehead atoms. The van der Waals surface area contributed by atoms with E-state index in [1.54, 1.807) is 0 Å². The molecule has 3 heteroatoms. The van der Waals surface area contributed by atoms with E-state index in [1.807, 2.05) is 6.92 Å². The van der Waals surface area contributed by atoms with E-state index < -0.39 is 0 Å². The lowest BCUT2D eigenvalue weighted by Crippen LogP contribution is -2.32. The van der Waals surface area contributed by atoms with E-state index in [9.17, 15) is 0 Å². The Bertz CT molecular complexity index is 137. The van der Waals surface area contributed by atoms with Crippen molar-refractivity contribution in [1.82, 2.24) is 5.43 Å². The zero-order chi connectivity index (χ0) is 8.36. The Morgan fingerprint density at radius 1 is 1.30 bits per heavy atom. The van der Waals surface area contributed by atoms with Crippen molar-refractivity contribution >= 4 is 0 Å². The quantitative estimate of drug-likeness (QED) is 0.374. The topological polar surface area (TPSA) is 64.1 Å². The first kappa shape index (κ1) is 9.30. The van der Waals surface area contributed by atoms with Gasteiger partial charge in [-0.2, -0.15) is 0 Å². The fourth-order valence-corrected chi connectivity index (χ4v) is 0.922. The SMILES string of the molecule is C/C(N)=C(/NN)C(C)(C)C. The van der Waals surface area contributed by atoms with Crippen molar-refractivity contribution < 1.29 is 0 Å². The van der Waals surface area contributed by atoms with Crippen molar-refractivity contribution in [3.63, 3.8) is 0 Å². The van der Waals surface area contributed by atoms with Crippen LogP contribution >= 0.6 is 0 Å². The number of nitrogens with two attached hydrogens (primary N) is 2. The van der Waals surface area contributed by atoms with Gasteiger partial charge in [-0.05, 0) is 6.92 Å². The number of nitrogens with one attached hydrogen (secondary N) is 1. The number of rotatable bonds is 1. The molecule has 0 saturated carbocycles. The van der Waals surface area contributed by atoms with E-state index in [-0.39, 0.29) is 5.41 Å². The molecule has 0 amide bonds. The molecule has 0 aromatic heterocycles. The number of hydrogen-bond donors (Lipinski definition) is 3. The van der Waals surface area contributed by atoms with E-state index in [0.717, 1.165) is 11.4 Å². The summed E-state index contributed by atoms with van der Waals surface area (Å²) in [4.78, 5) is 0. The van der Waals surface area contributed by atoms with Crippen molar-refractivity contribution in [3.8, 4) is 0 Å². The molecule has 0 unspecified atom stereocenters. The second-order valence-corrected chi connectivity index (χ2v) is 3.45.